The molecule has 7 heteroatoms. The summed E-state index contributed by atoms with van der Waals surface area (Å²) in [6, 6.07) is 8.89. The zero-order valence-electron chi connectivity index (χ0n) is 17.0. The second-order valence-corrected chi connectivity index (χ2v) is 7.09. The summed E-state index contributed by atoms with van der Waals surface area (Å²) in [5, 5.41) is 6.85. The van der Waals surface area contributed by atoms with Gasteiger partial charge in [0.05, 0.1) is 6.61 Å². The van der Waals surface area contributed by atoms with E-state index in [4.69, 9.17) is 4.74 Å². The minimum absolute atomic E-state index is 0.212. The number of carbonyl (C=O) groups excluding carboxylic acids is 1. The van der Waals surface area contributed by atoms with Crippen LogP contribution in [-0.4, -0.2) is 68.7 Å². The molecule has 0 bridgehead atoms. The van der Waals surface area contributed by atoms with Crippen LogP contribution < -0.4 is 10.6 Å². The number of guanidine groups is 1. The van der Waals surface area contributed by atoms with Crippen molar-refractivity contribution < 1.29 is 9.53 Å². The zero-order valence-corrected chi connectivity index (χ0v) is 17.0. The highest BCUT2D eigenvalue weighted by Gasteiger charge is 2.23. The lowest BCUT2D eigenvalue weighted by atomic mass is 10.1. The van der Waals surface area contributed by atoms with Gasteiger partial charge in [-0.15, -0.1) is 0 Å². The fourth-order valence-electron chi connectivity index (χ4n) is 3.20. The predicted octanol–water partition coefficient (Wildman–Crippen LogP) is 2.03. The van der Waals surface area contributed by atoms with E-state index in [1.807, 2.05) is 6.92 Å². The van der Waals surface area contributed by atoms with Gasteiger partial charge in [0.15, 0.2) is 5.96 Å². The molecule has 150 valence electrons. The summed E-state index contributed by atoms with van der Waals surface area (Å²) in [6.07, 6.45) is 1.56. The molecule has 1 aromatic carbocycles. The minimum Gasteiger partial charge on any atom is -0.450 e. The number of ether oxygens (including phenoxy) is 1. The Morgan fingerprint density at radius 3 is 2.63 bits per heavy atom. The molecule has 0 aliphatic carbocycles. The molecule has 1 aliphatic heterocycles. The molecule has 7 nitrogen and oxygen atoms in total. The number of rotatable bonds is 6. The first-order valence-corrected chi connectivity index (χ1v) is 9.63. The molecule has 1 saturated heterocycles. The van der Waals surface area contributed by atoms with Crippen molar-refractivity contribution in [1.29, 1.82) is 0 Å². The van der Waals surface area contributed by atoms with Crippen LogP contribution in [-0.2, 0) is 17.8 Å². The molecule has 1 heterocycles. The number of nitrogens with zero attached hydrogens (tertiary/aromatic N) is 3. The maximum absolute atomic E-state index is 11.8. The van der Waals surface area contributed by atoms with E-state index in [1.165, 1.54) is 11.1 Å². The van der Waals surface area contributed by atoms with Gasteiger partial charge in [-0.05, 0) is 45.0 Å². The predicted molar refractivity (Wildman–Crippen MR) is 109 cm³/mol. The van der Waals surface area contributed by atoms with Gasteiger partial charge < -0.3 is 25.2 Å². The molecule has 0 unspecified atom stereocenters. The molecular weight excluding hydrogens is 342 g/mol. The maximum atomic E-state index is 11.8. The highest BCUT2D eigenvalue weighted by atomic mass is 16.6. The van der Waals surface area contributed by atoms with E-state index in [0.717, 1.165) is 31.9 Å². The zero-order chi connectivity index (χ0) is 19.6. The Kier molecular flexibility index (Phi) is 8.39. The lowest BCUT2D eigenvalue weighted by molar-refractivity contribution is 0.0963. The summed E-state index contributed by atoms with van der Waals surface area (Å²) in [7, 11) is 5.93. The van der Waals surface area contributed by atoms with E-state index in [1.54, 1.807) is 11.9 Å². The van der Waals surface area contributed by atoms with Gasteiger partial charge in [0.25, 0.3) is 0 Å². The van der Waals surface area contributed by atoms with Crippen molar-refractivity contribution in [2.75, 3.05) is 40.8 Å². The molecule has 2 N–H and O–H groups in total. The number of nitrogens with one attached hydrogen (secondary N) is 2. The molecule has 1 fully saturated rings. The average Bonchev–Trinajstić information content (AvgIpc) is 2.65. The second kappa shape index (κ2) is 10.8. The molecule has 0 saturated carbocycles. The molecule has 0 radical (unpaired) electrons. The largest absolute Gasteiger partial charge is 0.450 e. The summed E-state index contributed by atoms with van der Waals surface area (Å²) in [6.45, 7) is 5.32. The number of aliphatic imine (C=N–C) groups is 1. The fraction of sp³-hybridized carbons (Fsp3) is 0.600. The van der Waals surface area contributed by atoms with Gasteiger partial charge in [-0.3, -0.25) is 4.99 Å². The van der Waals surface area contributed by atoms with Gasteiger partial charge in [-0.25, -0.2) is 4.79 Å². The van der Waals surface area contributed by atoms with Crippen LogP contribution in [0.15, 0.2) is 29.3 Å². The normalized spacial score (nSPS) is 15.7. The molecular formula is C20H33N5O2. The first kappa shape index (κ1) is 21.0. The van der Waals surface area contributed by atoms with Crippen molar-refractivity contribution in [2.24, 2.45) is 4.99 Å². The van der Waals surface area contributed by atoms with Crippen molar-refractivity contribution in [2.45, 2.75) is 38.9 Å². The van der Waals surface area contributed by atoms with E-state index < -0.39 is 0 Å². The molecule has 0 aromatic heterocycles. The second-order valence-electron chi connectivity index (χ2n) is 7.09. The van der Waals surface area contributed by atoms with Gasteiger partial charge in [0.2, 0.25) is 0 Å². The van der Waals surface area contributed by atoms with Crippen molar-refractivity contribution in [3.63, 3.8) is 0 Å². The first-order chi connectivity index (χ1) is 13.0. The van der Waals surface area contributed by atoms with Crippen LogP contribution >= 0.6 is 0 Å². The highest BCUT2D eigenvalue weighted by Crippen LogP contribution is 2.12. The summed E-state index contributed by atoms with van der Waals surface area (Å²) in [5.41, 5.74) is 2.53. The summed E-state index contributed by atoms with van der Waals surface area (Å²) >= 11 is 0. The van der Waals surface area contributed by atoms with Crippen LogP contribution in [0.1, 0.15) is 30.9 Å². The standard InChI is InChI=1S/C20H33N5O2/c1-5-27-20(26)25-11-9-18(10-12-25)23-19(21-2)22-14-16-7-6-8-17(13-16)15-24(3)4/h6-8,13,18H,5,9-12,14-15H2,1-4H3,(H2,21,22,23). The molecule has 1 aromatic rings. The number of amides is 1. The Hall–Kier alpha value is -2.28. The summed E-state index contributed by atoms with van der Waals surface area (Å²) in [4.78, 5) is 20.0. The number of likely N-dealkylation sites (tertiary alicyclic amines) is 1. The Labute approximate surface area is 162 Å². The third-order valence-electron chi connectivity index (χ3n) is 4.54. The lowest BCUT2D eigenvalue weighted by Gasteiger charge is -2.32. The third-order valence-corrected chi connectivity index (χ3v) is 4.54. The van der Waals surface area contributed by atoms with Crippen molar-refractivity contribution in [1.82, 2.24) is 20.4 Å². The van der Waals surface area contributed by atoms with Crippen LogP contribution in [0.3, 0.4) is 0 Å². The van der Waals surface area contributed by atoms with Gasteiger partial charge in [0.1, 0.15) is 0 Å². The van der Waals surface area contributed by atoms with Gasteiger partial charge in [-0.2, -0.15) is 0 Å². The van der Waals surface area contributed by atoms with E-state index in [2.05, 4.69) is 58.9 Å². The van der Waals surface area contributed by atoms with Crippen LogP contribution in [0.4, 0.5) is 4.79 Å². The molecule has 2 rings (SSSR count). The SMILES string of the molecule is CCOC(=O)N1CCC(NC(=NC)NCc2cccc(CN(C)C)c2)CC1. The van der Waals surface area contributed by atoms with Gasteiger partial charge >= 0.3 is 6.09 Å². The Morgan fingerprint density at radius 2 is 2.00 bits per heavy atom. The monoisotopic (exact) mass is 375 g/mol. The van der Waals surface area contributed by atoms with Crippen molar-refractivity contribution >= 4 is 12.1 Å². The number of piperidine rings is 1. The quantitative estimate of drug-likeness (QED) is 0.588. The maximum Gasteiger partial charge on any atom is 0.409 e. The topological polar surface area (TPSA) is 69.2 Å². The number of hydrogen-bond donors (Lipinski definition) is 2. The molecule has 0 atom stereocenters. The molecule has 1 aliphatic rings. The minimum atomic E-state index is -0.212. The Morgan fingerprint density at radius 1 is 1.30 bits per heavy atom. The fourth-order valence-corrected chi connectivity index (χ4v) is 3.20. The van der Waals surface area contributed by atoms with Crippen LogP contribution in [0, 0.1) is 0 Å². The summed E-state index contributed by atoms with van der Waals surface area (Å²) < 4.78 is 5.07. The number of carbonyl (C=O) groups is 1. The van der Waals surface area contributed by atoms with Crippen molar-refractivity contribution in [3.8, 4) is 0 Å². The Bertz CT molecular complexity index is 625. The Balaban J connectivity index is 1.79. The van der Waals surface area contributed by atoms with E-state index >= 15 is 0 Å². The van der Waals surface area contributed by atoms with Crippen LogP contribution in [0.2, 0.25) is 0 Å². The van der Waals surface area contributed by atoms with Crippen molar-refractivity contribution in [3.05, 3.63) is 35.4 Å². The van der Waals surface area contributed by atoms with Gasteiger partial charge in [-0.1, -0.05) is 24.3 Å². The number of hydrogen-bond acceptors (Lipinski definition) is 4. The first-order valence-electron chi connectivity index (χ1n) is 9.63. The summed E-state index contributed by atoms with van der Waals surface area (Å²) in [5.74, 6) is 0.794. The molecule has 27 heavy (non-hydrogen) atoms. The number of benzene rings is 1. The third kappa shape index (κ3) is 7.09. The van der Waals surface area contributed by atoms with E-state index in [9.17, 15) is 4.79 Å². The lowest BCUT2D eigenvalue weighted by Crippen LogP contribution is -2.49. The molecule has 1 amide bonds. The molecule has 0 spiro atoms. The van der Waals surface area contributed by atoms with Crippen LogP contribution in [0.5, 0.6) is 0 Å². The van der Waals surface area contributed by atoms with E-state index in [-0.39, 0.29) is 6.09 Å². The average molecular weight is 376 g/mol. The van der Waals surface area contributed by atoms with E-state index in [0.29, 0.717) is 25.7 Å². The smallest absolute Gasteiger partial charge is 0.409 e. The highest BCUT2D eigenvalue weighted by molar-refractivity contribution is 5.80. The van der Waals surface area contributed by atoms with Crippen LogP contribution in [0.25, 0.3) is 0 Å². The van der Waals surface area contributed by atoms with Gasteiger partial charge in [0, 0.05) is 39.3 Å².